The number of β-amino-alcohol motifs (C(OH)–C–C–N with tert-alkyl or cyclic N) is 1. The number of nitrogens with one attached hydrogen (secondary N) is 1. The third kappa shape index (κ3) is 3.65. The van der Waals surface area contributed by atoms with Crippen molar-refractivity contribution in [1.29, 1.82) is 0 Å². The topological polar surface area (TPSA) is 104 Å². The van der Waals surface area contributed by atoms with Gasteiger partial charge >= 0.3 is 0 Å². The Morgan fingerprint density at radius 1 is 1.33 bits per heavy atom. The van der Waals surface area contributed by atoms with E-state index in [1.807, 2.05) is 4.90 Å². The molecule has 2 aromatic rings. The van der Waals surface area contributed by atoms with Gasteiger partial charge in [-0.25, -0.2) is 15.0 Å². The summed E-state index contributed by atoms with van der Waals surface area (Å²) in [6, 6.07) is 0. The van der Waals surface area contributed by atoms with Crippen molar-refractivity contribution in [2.24, 2.45) is 0 Å². The van der Waals surface area contributed by atoms with Crippen LogP contribution in [0.3, 0.4) is 0 Å². The number of rotatable bonds is 4. The lowest BCUT2D eigenvalue weighted by molar-refractivity contribution is 0.0254. The van der Waals surface area contributed by atoms with E-state index in [0.717, 1.165) is 18.8 Å². The maximum atomic E-state index is 12.3. The van der Waals surface area contributed by atoms with Gasteiger partial charge in [-0.05, 0) is 19.8 Å². The average Bonchev–Trinajstić information content (AvgIpc) is 2.61. The summed E-state index contributed by atoms with van der Waals surface area (Å²) in [5.41, 5.74) is 0.0247. The summed E-state index contributed by atoms with van der Waals surface area (Å²) in [6.07, 6.45) is 9.24. The van der Waals surface area contributed by atoms with E-state index in [-0.39, 0.29) is 12.5 Å². The van der Waals surface area contributed by atoms with Crippen LogP contribution in [-0.4, -0.2) is 56.2 Å². The second-order valence-corrected chi connectivity index (χ2v) is 6.02. The van der Waals surface area contributed by atoms with Crippen LogP contribution >= 0.6 is 0 Å². The van der Waals surface area contributed by atoms with Gasteiger partial charge in [0.1, 0.15) is 12.1 Å². The Balaban J connectivity index is 1.64. The molecule has 0 saturated carbocycles. The molecule has 2 aromatic heterocycles. The predicted octanol–water partition coefficient (Wildman–Crippen LogP) is 0.336. The summed E-state index contributed by atoms with van der Waals surface area (Å²) in [5.74, 6) is 0.451. The summed E-state index contributed by atoms with van der Waals surface area (Å²) < 4.78 is 0. The Labute approximate surface area is 140 Å². The lowest BCUT2D eigenvalue weighted by Crippen LogP contribution is -2.54. The SMILES string of the molecule is Cc1ncncc1C(=O)NC[C@@]1(O)CCCN(c2cnccn2)C1. The second-order valence-electron chi connectivity index (χ2n) is 6.02. The fourth-order valence-electron chi connectivity index (χ4n) is 2.86. The minimum atomic E-state index is -1.00. The van der Waals surface area contributed by atoms with Crippen molar-refractivity contribution in [2.75, 3.05) is 24.5 Å². The molecule has 0 spiro atoms. The molecule has 8 nitrogen and oxygen atoms in total. The van der Waals surface area contributed by atoms with Crippen molar-refractivity contribution in [1.82, 2.24) is 25.3 Å². The van der Waals surface area contributed by atoms with E-state index < -0.39 is 5.60 Å². The molecule has 1 saturated heterocycles. The Kier molecular flexibility index (Phi) is 4.66. The Morgan fingerprint density at radius 3 is 2.96 bits per heavy atom. The molecule has 1 atom stereocenters. The smallest absolute Gasteiger partial charge is 0.254 e. The number of aromatic nitrogens is 4. The number of aryl methyl sites for hydroxylation is 1. The van der Waals surface area contributed by atoms with E-state index >= 15 is 0 Å². The molecule has 126 valence electrons. The maximum absolute atomic E-state index is 12.3. The highest BCUT2D eigenvalue weighted by molar-refractivity contribution is 5.94. The van der Waals surface area contributed by atoms with Gasteiger partial charge < -0.3 is 15.3 Å². The molecule has 0 aromatic carbocycles. The van der Waals surface area contributed by atoms with Crippen LogP contribution in [-0.2, 0) is 0 Å². The normalized spacial score (nSPS) is 20.7. The van der Waals surface area contributed by atoms with E-state index in [0.29, 0.717) is 24.2 Å². The lowest BCUT2D eigenvalue weighted by Gasteiger charge is -2.39. The fourth-order valence-corrected chi connectivity index (χ4v) is 2.86. The molecular weight excluding hydrogens is 308 g/mol. The van der Waals surface area contributed by atoms with Crippen LogP contribution in [0.5, 0.6) is 0 Å². The van der Waals surface area contributed by atoms with Gasteiger partial charge in [0.2, 0.25) is 0 Å². The summed E-state index contributed by atoms with van der Waals surface area (Å²) in [7, 11) is 0. The molecule has 24 heavy (non-hydrogen) atoms. The highest BCUT2D eigenvalue weighted by Gasteiger charge is 2.34. The van der Waals surface area contributed by atoms with Crippen molar-refractivity contribution in [3.63, 3.8) is 0 Å². The second kappa shape index (κ2) is 6.88. The highest BCUT2D eigenvalue weighted by Crippen LogP contribution is 2.24. The van der Waals surface area contributed by atoms with Crippen LogP contribution in [0, 0.1) is 6.92 Å². The minimum Gasteiger partial charge on any atom is -0.386 e. The highest BCUT2D eigenvalue weighted by atomic mass is 16.3. The van der Waals surface area contributed by atoms with Crippen LogP contribution in [0.2, 0.25) is 0 Å². The van der Waals surface area contributed by atoms with Gasteiger partial charge in [-0.15, -0.1) is 0 Å². The van der Waals surface area contributed by atoms with Crippen molar-refractivity contribution < 1.29 is 9.90 Å². The van der Waals surface area contributed by atoms with Crippen LogP contribution in [0.4, 0.5) is 5.82 Å². The number of hydrogen-bond acceptors (Lipinski definition) is 7. The minimum absolute atomic E-state index is 0.164. The maximum Gasteiger partial charge on any atom is 0.254 e. The van der Waals surface area contributed by atoms with Gasteiger partial charge in [0, 0.05) is 38.2 Å². The predicted molar refractivity (Wildman–Crippen MR) is 87.5 cm³/mol. The fraction of sp³-hybridized carbons (Fsp3) is 0.438. The van der Waals surface area contributed by atoms with Crippen LogP contribution in [0.15, 0.2) is 31.1 Å². The number of hydrogen-bond donors (Lipinski definition) is 2. The molecule has 1 aliphatic heterocycles. The van der Waals surface area contributed by atoms with E-state index in [1.54, 1.807) is 25.5 Å². The van der Waals surface area contributed by atoms with Crippen LogP contribution in [0.25, 0.3) is 0 Å². The Hall–Kier alpha value is -2.61. The first-order valence-electron chi connectivity index (χ1n) is 7.86. The van der Waals surface area contributed by atoms with Crippen molar-refractivity contribution >= 4 is 11.7 Å². The summed E-state index contributed by atoms with van der Waals surface area (Å²) in [4.78, 5) is 30.5. The molecule has 1 fully saturated rings. The quantitative estimate of drug-likeness (QED) is 0.834. The Morgan fingerprint density at radius 2 is 2.21 bits per heavy atom. The number of piperidine rings is 1. The van der Waals surface area contributed by atoms with Gasteiger partial charge in [0.15, 0.2) is 0 Å². The molecular formula is C16H20N6O2. The van der Waals surface area contributed by atoms with Gasteiger partial charge in [0.25, 0.3) is 5.91 Å². The monoisotopic (exact) mass is 328 g/mol. The zero-order valence-electron chi connectivity index (χ0n) is 13.5. The number of anilines is 1. The average molecular weight is 328 g/mol. The standard InChI is InChI=1S/C16H20N6O2/c1-12-13(7-18-11-21-12)15(23)20-9-16(24)3-2-6-22(10-16)14-8-17-4-5-19-14/h4-5,7-8,11,24H,2-3,6,9-10H2,1H3,(H,20,23)/t16-/m0/s1. The van der Waals surface area contributed by atoms with Gasteiger partial charge in [-0.1, -0.05) is 0 Å². The molecule has 8 heteroatoms. The van der Waals surface area contributed by atoms with Gasteiger partial charge in [-0.2, -0.15) is 0 Å². The van der Waals surface area contributed by atoms with E-state index in [2.05, 4.69) is 25.3 Å². The van der Waals surface area contributed by atoms with Gasteiger partial charge in [-0.3, -0.25) is 9.78 Å². The van der Waals surface area contributed by atoms with Crippen molar-refractivity contribution in [2.45, 2.75) is 25.4 Å². The number of nitrogens with zero attached hydrogens (tertiary/aromatic N) is 5. The molecule has 0 unspecified atom stereocenters. The van der Waals surface area contributed by atoms with E-state index in [1.165, 1.54) is 12.5 Å². The molecule has 3 heterocycles. The third-order valence-electron chi connectivity index (χ3n) is 4.16. The van der Waals surface area contributed by atoms with Gasteiger partial charge in [0.05, 0.1) is 23.1 Å². The number of aliphatic hydroxyl groups is 1. The molecule has 3 rings (SSSR count). The number of carbonyl (C=O) groups is 1. The molecule has 0 radical (unpaired) electrons. The van der Waals surface area contributed by atoms with E-state index in [9.17, 15) is 9.90 Å². The van der Waals surface area contributed by atoms with Crippen LogP contribution < -0.4 is 10.2 Å². The lowest BCUT2D eigenvalue weighted by atomic mass is 9.92. The first kappa shape index (κ1) is 16.3. The molecule has 0 aliphatic carbocycles. The first-order chi connectivity index (χ1) is 11.6. The van der Waals surface area contributed by atoms with Crippen molar-refractivity contribution in [3.05, 3.63) is 42.4 Å². The summed E-state index contributed by atoms with van der Waals surface area (Å²) in [6.45, 7) is 3.12. The zero-order chi connectivity index (χ0) is 17.0. The van der Waals surface area contributed by atoms with Crippen molar-refractivity contribution in [3.8, 4) is 0 Å². The van der Waals surface area contributed by atoms with E-state index in [4.69, 9.17) is 0 Å². The summed E-state index contributed by atoms with van der Waals surface area (Å²) in [5, 5.41) is 13.6. The Bertz CT molecular complexity index is 711. The zero-order valence-corrected chi connectivity index (χ0v) is 13.5. The summed E-state index contributed by atoms with van der Waals surface area (Å²) >= 11 is 0. The molecule has 2 N–H and O–H groups in total. The largest absolute Gasteiger partial charge is 0.386 e. The molecule has 1 amide bonds. The third-order valence-corrected chi connectivity index (χ3v) is 4.16. The first-order valence-corrected chi connectivity index (χ1v) is 7.86. The molecule has 0 bridgehead atoms. The molecule has 1 aliphatic rings. The van der Waals surface area contributed by atoms with Crippen LogP contribution in [0.1, 0.15) is 28.9 Å². The number of amides is 1. The number of carbonyl (C=O) groups excluding carboxylic acids is 1.